The first kappa shape index (κ1) is 25.9. The zero-order valence-corrected chi connectivity index (χ0v) is 21.6. The van der Waals surface area contributed by atoms with E-state index >= 15 is 0 Å². The van der Waals surface area contributed by atoms with Crippen LogP contribution in [0.2, 0.25) is 0 Å². The molecule has 184 valence electrons. The number of hydrogen-bond donors (Lipinski definition) is 1. The van der Waals surface area contributed by atoms with Gasteiger partial charge in [0.05, 0.1) is 41.6 Å². The summed E-state index contributed by atoms with van der Waals surface area (Å²) in [5, 5.41) is 3.49. The molecule has 0 spiro atoms. The van der Waals surface area contributed by atoms with E-state index < -0.39 is 10.0 Å². The number of nitrogens with one attached hydrogen (secondary N) is 1. The van der Waals surface area contributed by atoms with Crippen molar-refractivity contribution in [2.24, 2.45) is 0 Å². The Morgan fingerprint density at radius 1 is 1.09 bits per heavy atom. The monoisotopic (exact) mass is 506 g/mol. The third-order valence-electron chi connectivity index (χ3n) is 5.36. The first-order chi connectivity index (χ1) is 16.3. The smallest absolute Gasteiger partial charge is 0.243 e. The van der Waals surface area contributed by atoms with E-state index in [2.05, 4.69) is 10.3 Å². The highest BCUT2D eigenvalue weighted by molar-refractivity contribution is 7.99. The highest BCUT2D eigenvalue weighted by Crippen LogP contribution is 2.30. The van der Waals surface area contributed by atoms with Gasteiger partial charge < -0.3 is 19.4 Å². The van der Waals surface area contributed by atoms with Crippen LogP contribution in [0.3, 0.4) is 0 Å². The summed E-state index contributed by atoms with van der Waals surface area (Å²) in [5.41, 5.74) is 1.94. The molecule has 3 aromatic rings. The summed E-state index contributed by atoms with van der Waals surface area (Å²) in [7, 11) is -0.496. The molecule has 1 amide bonds. The fraction of sp³-hybridized carbons (Fsp3) is 0.391. The second kappa shape index (κ2) is 11.1. The van der Waals surface area contributed by atoms with Crippen LogP contribution in [0, 0.1) is 0 Å². The fourth-order valence-electron chi connectivity index (χ4n) is 3.59. The number of methoxy groups -OCH3 is 2. The zero-order valence-electron chi connectivity index (χ0n) is 20.0. The molecule has 0 saturated carbocycles. The van der Waals surface area contributed by atoms with Gasteiger partial charge in [-0.05, 0) is 37.3 Å². The van der Waals surface area contributed by atoms with Crippen molar-refractivity contribution < 1.29 is 22.7 Å². The Morgan fingerprint density at radius 2 is 1.82 bits per heavy atom. The highest BCUT2D eigenvalue weighted by Gasteiger charge is 2.23. The molecule has 0 atom stereocenters. The molecule has 2 aromatic carbocycles. The van der Waals surface area contributed by atoms with E-state index in [1.165, 1.54) is 23.2 Å². The largest absolute Gasteiger partial charge is 0.497 e. The number of aryl methyl sites for hydroxylation is 1. The van der Waals surface area contributed by atoms with Gasteiger partial charge >= 0.3 is 0 Å². The molecule has 0 fully saturated rings. The Bertz CT molecular complexity index is 1270. The molecule has 1 aromatic heterocycles. The quantitative estimate of drug-likeness (QED) is 0.394. The first-order valence-electron chi connectivity index (χ1n) is 10.9. The minimum absolute atomic E-state index is 0.128. The number of ether oxygens (including phenoxy) is 2. The Balaban J connectivity index is 1.80. The molecule has 1 heterocycles. The Hall–Kier alpha value is -2.76. The van der Waals surface area contributed by atoms with Crippen LogP contribution in [0.4, 0.5) is 5.69 Å². The van der Waals surface area contributed by atoms with Gasteiger partial charge in [-0.25, -0.2) is 13.4 Å². The Labute approximate surface area is 204 Å². The van der Waals surface area contributed by atoms with Crippen LogP contribution in [0.1, 0.15) is 20.8 Å². The number of carbonyl (C=O) groups excluding carboxylic acids is 1. The third kappa shape index (κ3) is 5.31. The van der Waals surface area contributed by atoms with Gasteiger partial charge in [-0.1, -0.05) is 25.6 Å². The summed E-state index contributed by atoms with van der Waals surface area (Å²) >= 11 is 1.29. The number of rotatable bonds is 11. The van der Waals surface area contributed by atoms with Crippen molar-refractivity contribution >= 4 is 44.4 Å². The molecular weight excluding hydrogens is 476 g/mol. The predicted molar refractivity (Wildman–Crippen MR) is 134 cm³/mol. The van der Waals surface area contributed by atoms with Gasteiger partial charge in [0.25, 0.3) is 0 Å². The normalized spacial score (nSPS) is 11.7. The van der Waals surface area contributed by atoms with Crippen LogP contribution in [0.25, 0.3) is 11.0 Å². The number of amides is 1. The standard InChI is InChI=1S/C23H30N4O5S2/c1-6-26(7-2)34(29,30)17-10-12-20-19(14-17)25-23(27(20)8-3)33-15-22(28)24-18-11-9-16(31-4)13-21(18)32-5/h9-14H,6-8,15H2,1-5H3,(H,24,28). The molecule has 0 saturated heterocycles. The van der Waals surface area contributed by atoms with Gasteiger partial charge in [0, 0.05) is 25.7 Å². The SMILES string of the molecule is CCN(CC)S(=O)(=O)c1ccc2c(c1)nc(SCC(=O)Nc1ccc(OC)cc1OC)n2CC. The highest BCUT2D eigenvalue weighted by atomic mass is 32.2. The average molecular weight is 507 g/mol. The lowest BCUT2D eigenvalue weighted by atomic mass is 10.2. The summed E-state index contributed by atoms with van der Waals surface area (Å²) < 4.78 is 39.7. The van der Waals surface area contributed by atoms with Crippen LogP contribution in [0.15, 0.2) is 46.5 Å². The topological polar surface area (TPSA) is 103 Å². The van der Waals surface area contributed by atoms with Crippen molar-refractivity contribution in [2.75, 3.05) is 38.4 Å². The second-order valence-electron chi connectivity index (χ2n) is 7.28. The zero-order chi connectivity index (χ0) is 24.9. The molecule has 0 bridgehead atoms. The number of hydrogen-bond acceptors (Lipinski definition) is 7. The summed E-state index contributed by atoms with van der Waals surface area (Å²) in [5.74, 6) is 1.04. The fourth-order valence-corrected chi connectivity index (χ4v) is 5.95. The summed E-state index contributed by atoms with van der Waals surface area (Å²) in [6.45, 7) is 7.03. The molecule has 0 aliphatic heterocycles. The van der Waals surface area contributed by atoms with E-state index in [4.69, 9.17) is 9.47 Å². The number of thioether (sulfide) groups is 1. The lowest BCUT2D eigenvalue weighted by molar-refractivity contribution is -0.113. The van der Waals surface area contributed by atoms with E-state index in [-0.39, 0.29) is 16.6 Å². The van der Waals surface area contributed by atoms with Crippen LogP contribution in [-0.2, 0) is 21.4 Å². The number of benzene rings is 2. The second-order valence-corrected chi connectivity index (χ2v) is 10.2. The third-order valence-corrected chi connectivity index (χ3v) is 8.38. The number of imidazole rings is 1. The van der Waals surface area contributed by atoms with Gasteiger partial charge in [-0.3, -0.25) is 4.79 Å². The summed E-state index contributed by atoms with van der Waals surface area (Å²) in [4.78, 5) is 17.4. The maximum Gasteiger partial charge on any atom is 0.243 e. The van der Waals surface area contributed by atoms with Crippen molar-refractivity contribution in [3.8, 4) is 11.5 Å². The maximum absolute atomic E-state index is 12.9. The van der Waals surface area contributed by atoms with Crippen molar-refractivity contribution in [3.63, 3.8) is 0 Å². The number of nitrogens with zero attached hydrogens (tertiary/aromatic N) is 3. The lowest BCUT2D eigenvalue weighted by Gasteiger charge is -2.18. The Kier molecular flexibility index (Phi) is 8.45. The lowest BCUT2D eigenvalue weighted by Crippen LogP contribution is -2.30. The van der Waals surface area contributed by atoms with Crippen molar-refractivity contribution in [3.05, 3.63) is 36.4 Å². The number of aromatic nitrogens is 2. The molecular formula is C23H30N4O5S2. The van der Waals surface area contributed by atoms with Crippen LogP contribution < -0.4 is 14.8 Å². The summed E-state index contributed by atoms with van der Waals surface area (Å²) in [6.07, 6.45) is 0. The first-order valence-corrected chi connectivity index (χ1v) is 13.4. The van der Waals surface area contributed by atoms with E-state index in [0.717, 1.165) is 5.52 Å². The van der Waals surface area contributed by atoms with Gasteiger partial charge in [0.15, 0.2) is 5.16 Å². The molecule has 0 unspecified atom stereocenters. The van der Waals surface area contributed by atoms with Crippen molar-refractivity contribution in [1.29, 1.82) is 0 Å². The van der Waals surface area contributed by atoms with Crippen LogP contribution in [0.5, 0.6) is 11.5 Å². The minimum Gasteiger partial charge on any atom is -0.497 e. The average Bonchev–Trinajstić information content (AvgIpc) is 3.20. The van der Waals surface area contributed by atoms with Crippen LogP contribution >= 0.6 is 11.8 Å². The molecule has 1 N–H and O–H groups in total. The number of anilines is 1. The molecule has 9 nitrogen and oxygen atoms in total. The molecule has 0 aliphatic carbocycles. The number of sulfonamides is 1. The minimum atomic E-state index is -3.58. The van der Waals surface area contributed by atoms with Crippen LogP contribution in [-0.4, -0.2) is 61.2 Å². The van der Waals surface area contributed by atoms with E-state index in [0.29, 0.717) is 47.5 Å². The molecule has 11 heteroatoms. The molecule has 3 rings (SSSR count). The van der Waals surface area contributed by atoms with Crippen molar-refractivity contribution in [2.45, 2.75) is 37.4 Å². The molecule has 34 heavy (non-hydrogen) atoms. The van der Waals surface area contributed by atoms with E-state index in [1.807, 2.05) is 25.3 Å². The summed E-state index contributed by atoms with van der Waals surface area (Å²) in [6, 6.07) is 10.1. The number of carbonyl (C=O) groups is 1. The van der Waals surface area contributed by atoms with Gasteiger partial charge in [-0.15, -0.1) is 0 Å². The van der Waals surface area contributed by atoms with Gasteiger partial charge in [0.2, 0.25) is 15.9 Å². The van der Waals surface area contributed by atoms with E-state index in [1.54, 1.807) is 43.5 Å². The molecule has 0 aliphatic rings. The predicted octanol–water partition coefficient (Wildman–Crippen LogP) is 3.83. The van der Waals surface area contributed by atoms with Gasteiger partial charge in [-0.2, -0.15) is 4.31 Å². The Morgan fingerprint density at radius 3 is 2.44 bits per heavy atom. The molecule has 0 radical (unpaired) electrons. The maximum atomic E-state index is 12.9. The van der Waals surface area contributed by atoms with Gasteiger partial charge in [0.1, 0.15) is 11.5 Å². The number of fused-ring (bicyclic) bond motifs is 1. The van der Waals surface area contributed by atoms with E-state index in [9.17, 15) is 13.2 Å². The van der Waals surface area contributed by atoms with Crippen molar-refractivity contribution in [1.82, 2.24) is 13.9 Å².